The Bertz CT molecular complexity index is 1000. The highest BCUT2D eigenvalue weighted by atomic mass is 32.2. The van der Waals surface area contributed by atoms with Gasteiger partial charge in [0.05, 0.1) is 24.8 Å². The molecule has 1 atom stereocenters. The summed E-state index contributed by atoms with van der Waals surface area (Å²) in [4.78, 5) is 14.9. The Balaban J connectivity index is 2.09. The Morgan fingerprint density at radius 2 is 1.59 bits per heavy atom. The van der Waals surface area contributed by atoms with E-state index in [0.29, 0.717) is 18.0 Å². The van der Waals surface area contributed by atoms with E-state index in [4.69, 9.17) is 4.74 Å². The summed E-state index contributed by atoms with van der Waals surface area (Å²) in [5.74, 6) is 0.0822. The molecule has 174 valence electrons. The van der Waals surface area contributed by atoms with Crippen molar-refractivity contribution in [3.63, 3.8) is 0 Å². The third-order valence-electron chi connectivity index (χ3n) is 4.90. The second-order valence-electron chi connectivity index (χ2n) is 7.16. The molecule has 0 fully saturated rings. The Labute approximate surface area is 190 Å². The third-order valence-corrected chi connectivity index (χ3v) is 6.14. The first-order valence-electron chi connectivity index (χ1n) is 10.6. The van der Waals surface area contributed by atoms with Gasteiger partial charge in [0.2, 0.25) is 10.0 Å². The van der Waals surface area contributed by atoms with Crippen molar-refractivity contribution in [3.8, 4) is 5.75 Å². The monoisotopic (exact) mass is 460 g/mol. The normalized spacial score (nSPS) is 12.4. The van der Waals surface area contributed by atoms with Crippen LogP contribution < -0.4 is 19.4 Å². The minimum absolute atomic E-state index is 0.370. The highest BCUT2D eigenvalue weighted by molar-refractivity contribution is 7.92. The van der Waals surface area contributed by atoms with Crippen LogP contribution in [0.5, 0.6) is 5.75 Å². The van der Waals surface area contributed by atoms with Gasteiger partial charge in [-0.3, -0.25) is 9.10 Å². The summed E-state index contributed by atoms with van der Waals surface area (Å²) in [6.07, 6.45) is 2.59. The van der Waals surface area contributed by atoms with Crippen molar-refractivity contribution in [2.24, 2.45) is 5.10 Å². The number of hydrogen-bond acceptors (Lipinski definition) is 6. The van der Waals surface area contributed by atoms with E-state index in [2.05, 4.69) is 29.3 Å². The quantitative estimate of drug-likeness (QED) is 0.411. The van der Waals surface area contributed by atoms with Gasteiger partial charge in [0.15, 0.2) is 0 Å². The molecule has 0 heterocycles. The van der Waals surface area contributed by atoms with Gasteiger partial charge in [0, 0.05) is 18.8 Å². The molecule has 2 aromatic rings. The Kier molecular flexibility index (Phi) is 9.07. The molecule has 8 nitrogen and oxygen atoms in total. The molecular weight excluding hydrogens is 428 g/mol. The van der Waals surface area contributed by atoms with Gasteiger partial charge in [0.25, 0.3) is 5.91 Å². The van der Waals surface area contributed by atoms with Crippen molar-refractivity contribution in [2.45, 2.75) is 33.7 Å². The van der Waals surface area contributed by atoms with Crippen LogP contribution in [0.1, 0.15) is 33.3 Å². The molecule has 1 amide bonds. The number of nitrogens with one attached hydrogen (secondary N) is 1. The first kappa shape index (κ1) is 25.2. The molecule has 0 saturated heterocycles. The lowest BCUT2D eigenvalue weighted by molar-refractivity contribution is -0.121. The van der Waals surface area contributed by atoms with Crippen LogP contribution in [0.3, 0.4) is 0 Å². The average Bonchev–Trinajstić information content (AvgIpc) is 2.76. The van der Waals surface area contributed by atoms with Crippen LogP contribution in [-0.2, 0) is 14.8 Å². The SMILES string of the molecule is CCOc1ccc(N([C@@H](C)C(=O)N/N=C\c2ccc(N(CC)CC)cc2)S(C)(=O)=O)cc1. The lowest BCUT2D eigenvalue weighted by Crippen LogP contribution is -2.46. The number of amides is 1. The number of anilines is 2. The van der Waals surface area contributed by atoms with Crippen LogP contribution in [0.25, 0.3) is 0 Å². The van der Waals surface area contributed by atoms with Gasteiger partial charge < -0.3 is 9.64 Å². The maximum Gasteiger partial charge on any atom is 0.263 e. The molecule has 0 aromatic heterocycles. The fourth-order valence-electron chi connectivity index (χ4n) is 3.29. The molecule has 32 heavy (non-hydrogen) atoms. The van der Waals surface area contributed by atoms with Gasteiger partial charge in [-0.2, -0.15) is 5.10 Å². The van der Waals surface area contributed by atoms with Crippen LogP contribution in [0.4, 0.5) is 11.4 Å². The van der Waals surface area contributed by atoms with E-state index in [0.717, 1.165) is 34.9 Å². The lowest BCUT2D eigenvalue weighted by Gasteiger charge is -2.27. The van der Waals surface area contributed by atoms with Crippen molar-refractivity contribution < 1.29 is 17.9 Å². The number of carbonyl (C=O) groups excluding carboxylic acids is 1. The maximum absolute atomic E-state index is 12.6. The molecule has 0 spiro atoms. The molecular formula is C23H32N4O4S. The summed E-state index contributed by atoms with van der Waals surface area (Å²) in [5.41, 5.74) is 4.74. The summed E-state index contributed by atoms with van der Waals surface area (Å²) in [6, 6.07) is 13.4. The fraction of sp³-hybridized carbons (Fsp3) is 0.391. The molecule has 0 aliphatic heterocycles. The lowest BCUT2D eigenvalue weighted by atomic mass is 10.2. The number of benzene rings is 2. The minimum Gasteiger partial charge on any atom is -0.494 e. The fourth-order valence-corrected chi connectivity index (χ4v) is 4.46. The predicted octanol–water partition coefficient (Wildman–Crippen LogP) is 3.24. The molecule has 0 bridgehead atoms. The zero-order chi connectivity index (χ0) is 23.7. The summed E-state index contributed by atoms with van der Waals surface area (Å²) in [7, 11) is -3.71. The molecule has 2 aromatic carbocycles. The number of nitrogens with zero attached hydrogens (tertiary/aromatic N) is 3. The third kappa shape index (κ3) is 6.71. The number of carbonyl (C=O) groups is 1. The van der Waals surface area contributed by atoms with Crippen molar-refractivity contribution in [1.29, 1.82) is 0 Å². The van der Waals surface area contributed by atoms with Crippen molar-refractivity contribution in [2.75, 3.05) is 35.2 Å². The van der Waals surface area contributed by atoms with Crippen molar-refractivity contribution in [3.05, 3.63) is 54.1 Å². The van der Waals surface area contributed by atoms with E-state index in [9.17, 15) is 13.2 Å². The van der Waals surface area contributed by atoms with Gasteiger partial charge in [-0.25, -0.2) is 13.8 Å². The zero-order valence-electron chi connectivity index (χ0n) is 19.3. The van der Waals surface area contributed by atoms with Crippen LogP contribution in [0.2, 0.25) is 0 Å². The molecule has 0 unspecified atom stereocenters. The highest BCUT2D eigenvalue weighted by Gasteiger charge is 2.29. The van der Waals surface area contributed by atoms with E-state index in [-0.39, 0.29) is 0 Å². The summed E-state index contributed by atoms with van der Waals surface area (Å²) in [5, 5.41) is 3.99. The molecule has 1 N–H and O–H groups in total. The minimum atomic E-state index is -3.71. The maximum atomic E-state index is 12.6. The van der Waals surface area contributed by atoms with Crippen molar-refractivity contribution >= 4 is 33.5 Å². The summed E-state index contributed by atoms with van der Waals surface area (Å²) >= 11 is 0. The number of sulfonamides is 1. The number of hydrazone groups is 1. The zero-order valence-corrected chi connectivity index (χ0v) is 20.1. The van der Waals surface area contributed by atoms with E-state index < -0.39 is 22.0 Å². The number of rotatable bonds is 11. The van der Waals surface area contributed by atoms with Crippen molar-refractivity contribution in [1.82, 2.24) is 5.43 Å². The predicted molar refractivity (Wildman–Crippen MR) is 130 cm³/mol. The highest BCUT2D eigenvalue weighted by Crippen LogP contribution is 2.24. The van der Waals surface area contributed by atoms with Crippen LogP contribution in [0, 0.1) is 0 Å². The second-order valence-corrected chi connectivity index (χ2v) is 9.02. The molecule has 2 rings (SSSR count). The Hall–Kier alpha value is -3.07. The van der Waals surface area contributed by atoms with E-state index >= 15 is 0 Å². The molecule has 9 heteroatoms. The van der Waals surface area contributed by atoms with Gasteiger partial charge in [0.1, 0.15) is 11.8 Å². The van der Waals surface area contributed by atoms with E-state index in [1.54, 1.807) is 24.3 Å². The van der Waals surface area contributed by atoms with E-state index in [1.165, 1.54) is 13.1 Å². The first-order chi connectivity index (χ1) is 15.2. The largest absolute Gasteiger partial charge is 0.494 e. The first-order valence-corrected chi connectivity index (χ1v) is 12.5. The van der Waals surface area contributed by atoms with E-state index in [1.807, 2.05) is 31.2 Å². The number of hydrogen-bond donors (Lipinski definition) is 1. The summed E-state index contributed by atoms with van der Waals surface area (Å²) in [6.45, 7) is 9.92. The van der Waals surface area contributed by atoms with Gasteiger partial charge in [-0.1, -0.05) is 12.1 Å². The smallest absolute Gasteiger partial charge is 0.263 e. The number of ether oxygens (including phenoxy) is 1. The molecule has 0 aliphatic carbocycles. The second kappa shape index (κ2) is 11.5. The van der Waals surface area contributed by atoms with Crippen LogP contribution in [0.15, 0.2) is 53.6 Å². The van der Waals surface area contributed by atoms with Crippen LogP contribution in [-0.4, -0.2) is 52.5 Å². The van der Waals surface area contributed by atoms with Gasteiger partial charge in [-0.15, -0.1) is 0 Å². The topological polar surface area (TPSA) is 91.3 Å². The Morgan fingerprint density at radius 3 is 2.09 bits per heavy atom. The standard InChI is InChI=1S/C23H32N4O4S/c1-6-26(7-2)20-11-9-19(10-12-20)17-24-25-23(28)18(4)27(32(5,29)30)21-13-15-22(16-14-21)31-8-3/h9-18H,6-8H2,1-5H3,(H,25,28)/b24-17-/t18-/m0/s1. The van der Waals surface area contributed by atoms with Gasteiger partial charge >= 0.3 is 0 Å². The molecule has 0 saturated carbocycles. The summed E-state index contributed by atoms with van der Waals surface area (Å²) < 4.78 is 31.2. The average molecular weight is 461 g/mol. The van der Waals surface area contributed by atoms with Crippen LogP contribution >= 0.6 is 0 Å². The molecule has 0 radical (unpaired) electrons. The Morgan fingerprint density at radius 1 is 1.03 bits per heavy atom. The van der Waals surface area contributed by atoms with Gasteiger partial charge in [-0.05, 0) is 69.7 Å². The molecule has 0 aliphatic rings.